The molecule has 0 aromatic rings. The molecule has 0 saturated heterocycles. The minimum Gasteiger partial charge on any atom is -0.602 e. The van der Waals surface area contributed by atoms with Crippen LogP contribution in [-0.4, -0.2) is 39.4 Å². The number of aliphatic carboxylic acids is 1. The fourth-order valence-electron chi connectivity index (χ4n) is 1.20. The van der Waals surface area contributed by atoms with Gasteiger partial charge in [0.1, 0.15) is 5.54 Å². The van der Waals surface area contributed by atoms with Crippen LogP contribution in [0.2, 0.25) is 0 Å². The molecule has 0 aliphatic carbocycles. The van der Waals surface area contributed by atoms with Gasteiger partial charge >= 0.3 is 5.97 Å². The Morgan fingerprint density at radius 2 is 2.21 bits per heavy atom. The summed E-state index contributed by atoms with van der Waals surface area (Å²) >= 11 is 0. The Kier molecular flexibility index (Phi) is 5.23. The highest BCUT2D eigenvalue weighted by atomic mass is 31.1. The van der Waals surface area contributed by atoms with Crippen molar-refractivity contribution >= 4 is 19.9 Å². The van der Waals surface area contributed by atoms with E-state index in [4.69, 9.17) is 10.00 Å². The first-order valence-electron chi connectivity index (χ1n) is 4.31. The van der Waals surface area contributed by atoms with Crippen LogP contribution in [0, 0.1) is 0 Å². The number of carboxylic acids is 1. The average Bonchev–Trinajstić information content (AvgIpc) is 2.02. The predicted molar refractivity (Wildman–Crippen MR) is 53.9 cm³/mol. The highest BCUT2D eigenvalue weighted by Crippen LogP contribution is 2.20. The number of rotatable bonds is 5. The minimum absolute atomic E-state index is 0.429. The molecule has 0 spiro atoms. The van der Waals surface area contributed by atoms with Gasteiger partial charge in [0.2, 0.25) is 8.00 Å². The fourth-order valence-corrected chi connectivity index (χ4v) is 1.75. The van der Waals surface area contributed by atoms with Crippen molar-refractivity contribution in [2.45, 2.75) is 32.2 Å². The second-order valence-corrected chi connectivity index (χ2v) is 4.19. The lowest BCUT2D eigenvalue weighted by molar-refractivity contribution is -0.167. The lowest BCUT2D eigenvalue weighted by Gasteiger charge is -2.30. The number of carbonyl (C=O) groups is 1. The van der Waals surface area contributed by atoms with Crippen LogP contribution in [0.15, 0.2) is 0 Å². The van der Waals surface area contributed by atoms with Crippen molar-refractivity contribution in [2.75, 3.05) is 7.05 Å². The highest BCUT2D eigenvalue weighted by molar-refractivity contribution is 7.43. The zero-order valence-electron chi connectivity index (χ0n) is 8.60. The topological polar surface area (TPSA) is 83.8 Å². The van der Waals surface area contributed by atoms with Gasteiger partial charge < -0.3 is 10.00 Å². The molecule has 0 aromatic heterocycles. The standard InChI is InChI=1S/C8H16NO4P/c1-4-5-8(2,7(10)11)9(3)6-14(12)13/h6H,4-5H2,1-3H3,(H,10,11)(H,12,13). The van der Waals surface area contributed by atoms with E-state index in [1.165, 1.54) is 18.9 Å². The minimum atomic E-state index is -2.45. The summed E-state index contributed by atoms with van der Waals surface area (Å²) < 4.78 is 0. The van der Waals surface area contributed by atoms with Gasteiger partial charge in [0.25, 0.3) is 0 Å². The van der Waals surface area contributed by atoms with Gasteiger partial charge in [0.15, 0.2) is 5.92 Å². The second kappa shape index (κ2) is 5.41. The van der Waals surface area contributed by atoms with Gasteiger partial charge in [-0.1, -0.05) is 13.3 Å². The van der Waals surface area contributed by atoms with Gasteiger partial charge in [-0.05, 0) is 20.4 Å². The molecule has 0 amide bonds. The van der Waals surface area contributed by atoms with Gasteiger partial charge in [0.05, 0.1) is 0 Å². The molecular formula is C8H16NO4P. The number of hydrogen-bond acceptors (Lipinski definition) is 3. The Bertz CT molecular complexity index is 239. The van der Waals surface area contributed by atoms with Crippen molar-refractivity contribution in [3.63, 3.8) is 0 Å². The summed E-state index contributed by atoms with van der Waals surface area (Å²) in [5, 5.41) is 9.01. The Morgan fingerprint density at radius 3 is 2.50 bits per heavy atom. The third-order valence-electron chi connectivity index (χ3n) is 2.25. The largest absolute Gasteiger partial charge is 0.602 e. The molecule has 2 unspecified atom stereocenters. The predicted octanol–water partition coefficient (Wildman–Crippen LogP) is -0.0142. The van der Waals surface area contributed by atoms with Gasteiger partial charge in [-0.3, -0.25) is 4.79 Å². The molecule has 0 rings (SSSR count). The molecule has 82 valence electrons. The zero-order valence-corrected chi connectivity index (χ0v) is 9.49. The Labute approximate surface area is 84.5 Å². The van der Waals surface area contributed by atoms with E-state index in [9.17, 15) is 9.69 Å². The van der Waals surface area contributed by atoms with Gasteiger partial charge in [-0.2, -0.15) is 4.89 Å². The van der Waals surface area contributed by atoms with E-state index in [1.807, 2.05) is 6.92 Å². The molecule has 14 heavy (non-hydrogen) atoms. The van der Waals surface area contributed by atoms with E-state index in [0.717, 1.165) is 5.92 Å². The number of likely N-dealkylation sites (N-methyl/N-ethyl adjacent to an activating group) is 1. The molecule has 6 heteroatoms. The van der Waals surface area contributed by atoms with Gasteiger partial charge in [0, 0.05) is 0 Å². The molecule has 0 saturated carbocycles. The summed E-state index contributed by atoms with van der Waals surface area (Å²) in [5.74, 6) is 0.0361. The maximum absolute atomic E-state index is 11.0. The maximum atomic E-state index is 11.0. The van der Waals surface area contributed by atoms with Crippen LogP contribution in [0.4, 0.5) is 0 Å². The third-order valence-corrected chi connectivity index (χ3v) is 2.79. The first-order valence-corrected chi connectivity index (χ1v) is 5.59. The summed E-state index contributed by atoms with van der Waals surface area (Å²) in [4.78, 5) is 31.5. The first kappa shape index (κ1) is 13.5. The molecule has 2 atom stereocenters. The van der Waals surface area contributed by atoms with Crippen molar-refractivity contribution in [2.24, 2.45) is 0 Å². The third kappa shape index (κ3) is 3.35. The SMILES string of the molecule is CCCC(C)(C(=O)O)N(C)C=[P+]([O-])O. The molecule has 0 fully saturated rings. The Balaban J connectivity index is 4.82. The van der Waals surface area contributed by atoms with Crippen LogP contribution >= 0.6 is 8.00 Å². The van der Waals surface area contributed by atoms with Crippen molar-refractivity contribution in [3.05, 3.63) is 0 Å². The van der Waals surface area contributed by atoms with Crippen LogP contribution in [0.1, 0.15) is 26.7 Å². The summed E-state index contributed by atoms with van der Waals surface area (Å²) in [5.41, 5.74) is -1.11. The Morgan fingerprint density at radius 1 is 1.71 bits per heavy atom. The molecular weight excluding hydrogens is 205 g/mol. The second-order valence-electron chi connectivity index (χ2n) is 3.36. The Hall–Kier alpha value is -0.480. The van der Waals surface area contributed by atoms with Gasteiger partial charge in [-0.15, -0.1) is 0 Å². The molecule has 0 bridgehead atoms. The monoisotopic (exact) mass is 221 g/mol. The van der Waals surface area contributed by atoms with Crippen molar-refractivity contribution in [1.82, 2.24) is 4.90 Å². The van der Waals surface area contributed by atoms with E-state index in [1.54, 1.807) is 0 Å². The van der Waals surface area contributed by atoms with Crippen LogP contribution in [-0.2, 0) is 4.79 Å². The number of nitrogens with zero attached hydrogens (tertiary/aromatic N) is 1. The van der Waals surface area contributed by atoms with Crippen LogP contribution < -0.4 is 4.89 Å². The number of hydrogen-bond donors (Lipinski definition) is 2. The molecule has 0 aromatic carbocycles. The van der Waals surface area contributed by atoms with Crippen LogP contribution in [0.3, 0.4) is 0 Å². The van der Waals surface area contributed by atoms with E-state index < -0.39 is 19.5 Å². The molecule has 0 heterocycles. The van der Waals surface area contributed by atoms with E-state index in [0.29, 0.717) is 12.8 Å². The van der Waals surface area contributed by atoms with Gasteiger partial charge in [-0.25, -0.2) is 4.90 Å². The van der Waals surface area contributed by atoms with Crippen molar-refractivity contribution < 1.29 is 19.7 Å². The molecule has 0 radical (unpaired) electrons. The highest BCUT2D eigenvalue weighted by Gasteiger charge is 2.37. The fraction of sp³-hybridized carbons (Fsp3) is 0.750. The maximum Gasteiger partial charge on any atom is 0.324 e. The van der Waals surface area contributed by atoms with E-state index in [-0.39, 0.29) is 0 Å². The summed E-state index contributed by atoms with van der Waals surface area (Å²) in [6.45, 7) is 3.40. The summed E-state index contributed by atoms with van der Waals surface area (Å²) in [6.07, 6.45) is 1.13. The molecule has 2 N–H and O–H groups in total. The number of carboxylic acid groups (broad SMARTS) is 1. The van der Waals surface area contributed by atoms with E-state index in [2.05, 4.69) is 0 Å². The van der Waals surface area contributed by atoms with Crippen LogP contribution in [0.5, 0.6) is 0 Å². The smallest absolute Gasteiger partial charge is 0.324 e. The summed E-state index contributed by atoms with van der Waals surface area (Å²) in [7, 11) is -0.959. The quantitative estimate of drug-likeness (QED) is 0.638. The van der Waals surface area contributed by atoms with Crippen molar-refractivity contribution in [3.8, 4) is 0 Å². The van der Waals surface area contributed by atoms with Crippen LogP contribution in [0.25, 0.3) is 0 Å². The first-order chi connectivity index (χ1) is 6.34. The molecule has 0 aliphatic rings. The lowest BCUT2D eigenvalue weighted by atomic mass is 9.95. The van der Waals surface area contributed by atoms with E-state index >= 15 is 0 Å². The molecule has 5 nitrogen and oxygen atoms in total. The molecule has 0 aliphatic heterocycles. The average molecular weight is 221 g/mol. The summed E-state index contributed by atoms with van der Waals surface area (Å²) in [6, 6.07) is 0. The zero-order chi connectivity index (χ0) is 11.4. The van der Waals surface area contributed by atoms with Crippen molar-refractivity contribution in [1.29, 1.82) is 0 Å². The normalized spacial score (nSPS) is 16.9. The lowest BCUT2D eigenvalue weighted by Crippen LogP contribution is -2.49.